The highest BCUT2D eigenvalue weighted by molar-refractivity contribution is 5.80. The zero-order valence-electron chi connectivity index (χ0n) is 12.5. The van der Waals surface area contributed by atoms with Crippen LogP contribution in [0.4, 0.5) is 11.9 Å². The summed E-state index contributed by atoms with van der Waals surface area (Å²) < 4.78 is 0. The summed E-state index contributed by atoms with van der Waals surface area (Å²) in [6, 6.07) is 11.6. The van der Waals surface area contributed by atoms with Gasteiger partial charge in [0.1, 0.15) is 0 Å². The standard InChI is InChI=1S/C16H15N7/c1-11-4-2-5-12(8-11)9-19-23-16-21-14(20-15(17)22-16)13-6-3-7-18-10-13/h2-10H,1H3,(H3,17,20,21,22,23)/b19-9+. The van der Waals surface area contributed by atoms with Crippen molar-refractivity contribution in [2.45, 2.75) is 6.92 Å². The molecule has 23 heavy (non-hydrogen) atoms. The van der Waals surface area contributed by atoms with Crippen LogP contribution in [-0.4, -0.2) is 26.2 Å². The first-order chi connectivity index (χ1) is 11.2. The van der Waals surface area contributed by atoms with Gasteiger partial charge in [-0.05, 0) is 24.6 Å². The lowest BCUT2D eigenvalue weighted by Crippen LogP contribution is -2.05. The second-order valence-electron chi connectivity index (χ2n) is 4.87. The number of nitrogens with two attached hydrogens (primary N) is 1. The first-order valence-corrected chi connectivity index (χ1v) is 6.98. The summed E-state index contributed by atoms with van der Waals surface area (Å²) >= 11 is 0. The molecule has 0 aliphatic rings. The van der Waals surface area contributed by atoms with E-state index in [-0.39, 0.29) is 11.9 Å². The van der Waals surface area contributed by atoms with E-state index in [2.05, 4.69) is 30.5 Å². The van der Waals surface area contributed by atoms with E-state index in [0.717, 1.165) is 16.7 Å². The molecular weight excluding hydrogens is 290 g/mol. The van der Waals surface area contributed by atoms with E-state index in [1.54, 1.807) is 24.7 Å². The first-order valence-electron chi connectivity index (χ1n) is 6.98. The molecule has 7 heteroatoms. The van der Waals surface area contributed by atoms with Gasteiger partial charge >= 0.3 is 0 Å². The molecule has 7 nitrogen and oxygen atoms in total. The summed E-state index contributed by atoms with van der Waals surface area (Å²) in [7, 11) is 0. The van der Waals surface area contributed by atoms with Crippen molar-refractivity contribution in [3.05, 3.63) is 59.9 Å². The van der Waals surface area contributed by atoms with Gasteiger partial charge in [-0.1, -0.05) is 29.8 Å². The number of nitrogens with one attached hydrogen (secondary N) is 1. The van der Waals surface area contributed by atoms with Crippen molar-refractivity contribution in [3.8, 4) is 11.4 Å². The van der Waals surface area contributed by atoms with Gasteiger partial charge in [0.2, 0.25) is 11.9 Å². The number of hydrogen-bond acceptors (Lipinski definition) is 7. The highest BCUT2D eigenvalue weighted by atomic mass is 15.4. The summed E-state index contributed by atoms with van der Waals surface area (Å²) in [6.45, 7) is 2.03. The van der Waals surface area contributed by atoms with Gasteiger partial charge in [-0.25, -0.2) is 5.43 Å². The maximum Gasteiger partial charge on any atom is 0.248 e. The molecule has 0 radical (unpaired) electrons. The topological polar surface area (TPSA) is 102 Å². The summed E-state index contributed by atoms with van der Waals surface area (Å²) in [5.74, 6) is 0.839. The zero-order chi connectivity index (χ0) is 16.1. The molecule has 0 saturated carbocycles. The van der Waals surface area contributed by atoms with Crippen molar-refractivity contribution in [2.24, 2.45) is 5.10 Å². The lowest BCUT2D eigenvalue weighted by Gasteiger charge is -2.03. The lowest BCUT2D eigenvalue weighted by molar-refractivity contribution is 1.05. The van der Waals surface area contributed by atoms with Gasteiger partial charge in [0.05, 0.1) is 6.21 Å². The minimum atomic E-state index is 0.118. The first kappa shape index (κ1) is 14.6. The molecule has 0 bridgehead atoms. The van der Waals surface area contributed by atoms with Gasteiger partial charge in [-0.3, -0.25) is 4.98 Å². The molecule has 0 unspecified atom stereocenters. The highest BCUT2D eigenvalue weighted by Gasteiger charge is 2.06. The molecule has 0 fully saturated rings. The van der Waals surface area contributed by atoms with Crippen molar-refractivity contribution in [1.29, 1.82) is 0 Å². The molecule has 2 heterocycles. The average Bonchev–Trinajstić information content (AvgIpc) is 2.55. The van der Waals surface area contributed by atoms with Crippen LogP contribution < -0.4 is 11.2 Å². The number of anilines is 2. The molecule has 0 aliphatic heterocycles. The number of hydrazone groups is 1. The largest absolute Gasteiger partial charge is 0.368 e. The van der Waals surface area contributed by atoms with E-state index in [9.17, 15) is 0 Å². The molecule has 114 valence electrons. The molecule has 3 rings (SSSR count). The number of rotatable bonds is 4. The van der Waals surface area contributed by atoms with Crippen LogP contribution >= 0.6 is 0 Å². The van der Waals surface area contributed by atoms with Crippen molar-refractivity contribution >= 4 is 18.1 Å². The van der Waals surface area contributed by atoms with E-state index < -0.39 is 0 Å². The predicted molar refractivity (Wildman–Crippen MR) is 89.9 cm³/mol. The number of aromatic nitrogens is 4. The lowest BCUT2D eigenvalue weighted by atomic mass is 10.2. The molecule has 0 spiro atoms. The Labute approximate surface area is 133 Å². The smallest absolute Gasteiger partial charge is 0.248 e. The quantitative estimate of drug-likeness (QED) is 0.566. The number of aryl methyl sites for hydroxylation is 1. The third kappa shape index (κ3) is 3.85. The molecule has 0 amide bonds. The van der Waals surface area contributed by atoms with E-state index in [0.29, 0.717) is 5.82 Å². The molecule has 3 N–H and O–H groups in total. The minimum Gasteiger partial charge on any atom is -0.368 e. The van der Waals surface area contributed by atoms with Crippen LogP contribution in [0.2, 0.25) is 0 Å². The Morgan fingerprint density at radius 3 is 2.83 bits per heavy atom. The van der Waals surface area contributed by atoms with E-state index in [4.69, 9.17) is 5.73 Å². The van der Waals surface area contributed by atoms with Crippen LogP contribution in [-0.2, 0) is 0 Å². The number of hydrogen-bond donors (Lipinski definition) is 2. The van der Waals surface area contributed by atoms with Crippen LogP contribution in [0.5, 0.6) is 0 Å². The number of pyridine rings is 1. The molecule has 1 aromatic carbocycles. The van der Waals surface area contributed by atoms with Crippen LogP contribution in [0.15, 0.2) is 53.9 Å². The second-order valence-corrected chi connectivity index (χ2v) is 4.87. The van der Waals surface area contributed by atoms with E-state index in [1.807, 2.05) is 37.3 Å². The van der Waals surface area contributed by atoms with Gasteiger partial charge in [-0.15, -0.1) is 0 Å². The summed E-state index contributed by atoms with van der Waals surface area (Å²) in [5.41, 5.74) is 11.4. The SMILES string of the molecule is Cc1cccc(/C=N/Nc2nc(N)nc(-c3cccnc3)n2)c1. The van der Waals surface area contributed by atoms with E-state index in [1.165, 1.54) is 0 Å². The summed E-state index contributed by atoms with van der Waals surface area (Å²) in [5, 5.41) is 4.13. The fraction of sp³-hybridized carbons (Fsp3) is 0.0625. The fourth-order valence-electron chi connectivity index (χ4n) is 1.98. The van der Waals surface area contributed by atoms with Crippen LogP contribution in [0.25, 0.3) is 11.4 Å². The third-order valence-corrected chi connectivity index (χ3v) is 2.99. The summed E-state index contributed by atoms with van der Waals surface area (Å²) in [4.78, 5) is 16.4. The normalized spacial score (nSPS) is 10.8. The van der Waals surface area contributed by atoms with Gasteiger partial charge in [0.25, 0.3) is 0 Å². The Balaban J connectivity index is 1.79. The maximum absolute atomic E-state index is 5.72. The number of benzene rings is 1. The number of nitrogens with zero attached hydrogens (tertiary/aromatic N) is 5. The van der Waals surface area contributed by atoms with Gasteiger partial charge < -0.3 is 5.73 Å². The van der Waals surface area contributed by atoms with Crippen LogP contribution in [0.3, 0.4) is 0 Å². The second kappa shape index (κ2) is 6.61. The maximum atomic E-state index is 5.72. The Bertz CT molecular complexity index is 831. The molecule has 0 atom stereocenters. The Morgan fingerprint density at radius 1 is 1.13 bits per heavy atom. The molecule has 3 aromatic rings. The number of nitrogen functional groups attached to an aromatic ring is 1. The van der Waals surface area contributed by atoms with Crippen LogP contribution in [0, 0.1) is 6.92 Å². The highest BCUT2D eigenvalue weighted by Crippen LogP contribution is 2.15. The fourth-order valence-corrected chi connectivity index (χ4v) is 1.98. The van der Waals surface area contributed by atoms with E-state index >= 15 is 0 Å². The van der Waals surface area contributed by atoms with Crippen molar-refractivity contribution in [3.63, 3.8) is 0 Å². The molecular formula is C16H15N7. The van der Waals surface area contributed by atoms with Crippen molar-refractivity contribution < 1.29 is 0 Å². The monoisotopic (exact) mass is 305 g/mol. The van der Waals surface area contributed by atoms with Crippen LogP contribution in [0.1, 0.15) is 11.1 Å². The van der Waals surface area contributed by atoms with Crippen molar-refractivity contribution in [2.75, 3.05) is 11.2 Å². The van der Waals surface area contributed by atoms with Crippen molar-refractivity contribution in [1.82, 2.24) is 19.9 Å². The minimum absolute atomic E-state index is 0.118. The molecule has 0 saturated heterocycles. The molecule has 0 aliphatic carbocycles. The Morgan fingerprint density at radius 2 is 2.04 bits per heavy atom. The van der Waals surface area contributed by atoms with Gasteiger partial charge in [0.15, 0.2) is 5.82 Å². The molecule has 2 aromatic heterocycles. The van der Waals surface area contributed by atoms with Gasteiger partial charge in [-0.2, -0.15) is 20.1 Å². The Hall–Kier alpha value is -3.35. The average molecular weight is 305 g/mol. The Kier molecular flexibility index (Phi) is 4.19. The van der Waals surface area contributed by atoms with Gasteiger partial charge in [0, 0.05) is 18.0 Å². The third-order valence-electron chi connectivity index (χ3n) is 2.99. The predicted octanol–water partition coefficient (Wildman–Crippen LogP) is 2.27. The zero-order valence-corrected chi connectivity index (χ0v) is 12.5. The summed E-state index contributed by atoms with van der Waals surface area (Å²) in [6.07, 6.45) is 5.03.